The highest BCUT2D eigenvalue weighted by Gasteiger charge is 2.39. The molecule has 0 saturated heterocycles. The molecule has 1 unspecified atom stereocenters. The molecule has 1 aromatic carbocycles. The Balaban J connectivity index is 2.84. The average molecular weight is 323 g/mol. The lowest BCUT2D eigenvalue weighted by Gasteiger charge is -2.39. The molecule has 0 saturated carbocycles. The first-order valence-corrected chi connectivity index (χ1v) is 10.9. The van der Waals surface area contributed by atoms with Crippen LogP contribution in [0.15, 0.2) is 30.3 Å². The first-order valence-electron chi connectivity index (χ1n) is 8.03. The summed E-state index contributed by atoms with van der Waals surface area (Å²) < 4.78 is 11.6. The van der Waals surface area contributed by atoms with Crippen molar-refractivity contribution in [2.24, 2.45) is 0 Å². The molecular weight excluding hydrogens is 292 g/mol. The van der Waals surface area contributed by atoms with E-state index in [-0.39, 0.29) is 17.1 Å². The standard InChI is InChI=1S/C18H30O3Si/c1-7-20-17(19)14-16(13-15-11-9-8-10-12-15)21-22(5,6)18(2,3)4/h8-12,16H,7,13-14H2,1-6H3. The van der Waals surface area contributed by atoms with Gasteiger partial charge < -0.3 is 9.16 Å². The molecule has 124 valence electrons. The van der Waals surface area contributed by atoms with Crippen molar-refractivity contribution in [3.05, 3.63) is 35.9 Å². The number of rotatable bonds is 7. The molecule has 3 nitrogen and oxygen atoms in total. The number of hydrogen-bond donors (Lipinski definition) is 0. The molecule has 0 N–H and O–H groups in total. The molecule has 0 radical (unpaired) electrons. The van der Waals surface area contributed by atoms with Crippen molar-refractivity contribution < 1.29 is 14.0 Å². The van der Waals surface area contributed by atoms with Crippen molar-refractivity contribution in [3.63, 3.8) is 0 Å². The summed E-state index contributed by atoms with van der Waals surface area (Å²) >= 11 is 0. The Hall–Kier alpha value is -1.13. The third-order valence-corrected chi connectivity index (χ3v) is 8.81. The van der Waals surface area contributed by atoms with E-state index >= 15 is 0 Å². The molecule has 1 aromatic rings. The molecular formula is C18H30O3Si. The van der Waals surface area contributed by atoms with Gasteiger partial charge in [-0.2, -0.15) is 0 Å². The minimum atomic E-state index is -1.92. The predicted octanol–water partition coefficient (Wildman–Crippen LogP) is 4.57. The van der Waals surface area contributed by atoms with Crippen LogP contribution in [0.3, 0.4) is 0 Å². The summed E-state index contributed by atoms with van der Waals surface area (Å²) in [5, 5.41) is 0.122. The maximum atomic E-state index is 11.9. The molecule has 1 atom stereocenters. The van der Waals surface area contributed by atoms with Crippen molar-refractivity contribution in [1.82, 2.24) is 0 Å². The lowest BCUT2D eigenvalue weighted by molar-refractivity contribution is -0.145. The fourth-order valence-electron chi connectivity index (χ4n) is 2.03. The minimum Gasteiger partial charge on any atom is -0.466 e. The van der Waals surface area contributed by atoms with Gasteiger partial charge in [0, 0.05) is 0 Å². The normalized spacial score (nSPS) is 13.7. The van der Waals surface area contributed by atoms with Crippen molar-refractivity contribution in [2.75, 3.05) is 6.61 Å². The Morgan fingerprint density at radius 2 is 1.77 bits per heavy atom. The SMILES string of the molecule is CCOC(=O)CC(Cc1ccccc1)O[Si](C)(C)C(C)(C)C. The van der Waals surface area contributed by atoms with Gasteiger partial charge in [0.05, 0.1) is 19.1 Å². The number of carbonyl (C=O) groups is 1. The molecule has 0 bridgehead atoms. The van der Waals surface area contributed by atoms with E-state index in [1.807, 2.05) is 25.1 Å². The highest BCUT2D eigenvalue weighted by molar-refractivity contribution is 6.74. The molecule has 0 heterocycles. The Kier molecular flexibility index (Phi) is 6.82. The summed E-state index contributed by atoms with van der Waals surface area (Å²) in [4.78, 5) is 11.9. The van der Waals surface area contributed by atoms with Crippen LogP contribution >= 0.6 is 0 Å². The van der Waals surface area contributed by atoms with E-state index in [0.29, 0.717) is 13.0 Å². The fourth-order valence-corrected chi connectivity index (χ4v) is 3.39. The molecule has 0 amide bonds. The molecule has 22 heavy (non-hydrogen) atoms. The van der Waals surface area contributed by atoms with Gasteiger partial charge in [-0.15, -0.1) is 0 Å². The van der Waals surface area contributed by atoms with Crippen molar-refractivity contribution >= 4 is 14.3 Å². The zero-order valence-corrected chi connectivity index (χ0v) is 15.8. The molecule has 0 aliphatic heterocycles. The van der Waals surface area contributed by atoms with Crippen LogP contribution < -0.4 is 0 Å². The van der Waals surface area contributed by atoms with Crippen LogP contribution in [-0.4, -0.2) is 27.0 Å². The summed E-state index contributed by atoms with van der Waals surface area (Å²) in [6.45, 7) is 13.3. The lowest BCUT2D eigenvalue weighted by atomic mass is 10.1. The minimum absolute atomic E-state index is 0.122. The fraction of sp³-hybridized carbons (Fsp3) is 0.611. The smallest absolute Gasteiger partial charge is 0.308 e. The molecule has 0 aliphatic carbocycles. The van der Waals surface area contributed by atoms with Crippen molar-refractivity contribution in [1.29, 1.82) is 0 Å². The summed E-state index contributed by atoms with van der Waals surface area (Å²) in [5.41, 5.74) is 1.19. The number of ether oxygens (including phenoxy) is 1. The molecule has 1 rings (SSSR count). The summed E-state index contributed by atoms with van der Waals surface area (Å²) in [6, 6.07) is 10.2. The van der Waals surface area contributed by atoms with Gasteiger partial charge in [0.1, 0.15) is 0 Å². The molecule has 0 fully saturated rings. The number of esters is 1. The number of benzene rings is 1. The van der Waals surface area contributed by atoms with E-state index in [2.05, 4.69) is 46.0 Å². The Morgan fingerprint density at radius 3 is 2.27 bits per heavy atom. The van der Waals surface area contributed by atoms with Crippen LogP contribution in [0.25, 0.3) is 0 Å². The van der Waals surface area contributed by atoms with Gasteiger partial charge in [-0.3, -0.25) is 4.79 Å². The van der Waals surface area contributed by atoms with E-state index in [4.69, 9.17) is 9.16 Å². The highest BCUT2D eigenvalue weighted by Crippen LogP contribution is 2.38. The van der Waals surface area contributed by atoms with E-state index in [1.165, 1.54) is 5.56 Å². The maximum Gasteiger partial charge on any atom is 0.308 e. The summed E-state index contributed by atoms with van der Waals surface area (Å²) in [6.07, 6.45) is 0.934. The number of hydrogen-bond acceptors (Lipinski definition) is 3. The third kappa shape index (κ3) is 5.93. The molecule has 0 spiro atoms. The van der Waals surface area contributed by atoms with Gasteiger partial charge in [-0.1, -0.05) is 51.1 Å². The van der Waals surface area contributed by atoms with Crippen LogP contribution in [0.4, 0.5) is 0 Å². The summed E-state index contributed by atoms with van der Waals surface area (Å²) in [7, 11) is -1.92. The molecule has 0 aromatic heterocycles. The monoisotopic (exact) mass is 322 g/mol. The quantitative estimate of drug-likeness (QED) is 0.545. The summed E-state index contributed by atoms with van der Waals surface area (Å²) in [5.74, 6) is -0.179. The van der Waals surface area contributed by atoms with Crippen molar-refractivity contribution in [2.45, 2.75) is 64.8 Å². The third-order valence-electron chi connectivity index (χ3n) is 4.27. The zero-order chi connectivity index (χ0) is 16.8. The molecule has 4 heteroatoms. The zero-order valence-electron chi connectivity index (χ0n) is 14.8. The van der Waals surface area contributed by atoms with Gasteiger partial charge in [0.25, 0.3) is 0 Å². The Labute approximate surface area is 136 Å². The van der Waals surface area contributed by atoms with Crippen LogP contribution in [0, 0.1) is 0 Å². The second-order valence-electron chi connectivity index (χ2n) is 7.20. The topological polar surface area (TPSA) is 35.5 Å². The van der Waals surface area contributed by atoms with Crippen LogP contribution in [0.2, 0.25) is 18.1 Å². The first kappa shape index (κ1) is 18.9. The highest BCUT2D eigenvalue weighted by atomic mass is 28.4. The van der Waals surface area contributed by atoms with Crippen LogP contribution in [-0.2, 0) is 20.4 Å². The maximum absolute atomic E-state index is 11.9. The Bertz CT molecular complexity index is 463. The number of carbonyl (C=O) groups excluding carboxylic acids is 1. The van der Waals surface area contributed by atoms with Gasteiger partial charge in [0.2, 0.25) is 0 Å². The van der Waals surface area contributed by atoms with Gasteiger partial charge in [0.15, 0.2) is 8.32 Å². The Morgan fingerprint density at radius 1 is 1.18 bits per heavy atom. The van der Waals surface area contributed by atoms with E-state index in [0.717, 1.165) is 6.42 Å². The van der Waals surface area contributed by atoms with E-state index < -0.39 is 8.32 Å². The average Bonchev–Trinajstić information content (AvgIpc) is 2.38. The van der Waals surface area contributed by atoms with Gasteiger partial charge in [-0.05, 0) is 37.0 Å². The lowest BCUT2D eigenvalue weighted by Crippen LogP contribution is -2.45. The van der Waals surface area contributed by atoms with Gasteiger partial charge >= 0.3 is 5.97 Å². The van der Waals surface area contributed by atoms with Crippen LogP contribution in [0.1, 0.15) is 39.7 Å². The largest absolute Gasteiger partial charge is 0.466 e. The van der Waals surface area contributed by atoms with E-state index in [9.17, 15) is 4.79 Å². The first-order chi connectivity index (χ1) is 10.2. The van der Waals surface area contributed by atoms with Gasteiger partial charge in [-0.25, -0.2) is 0 Å². The second-order valence-corrected chi connectivity index (χ2v) is 12.0. The molecule has 0 aliphatic rings. The second kappa shape index (κ2) is 7.93. The van der Waals surface area contributed by atoms with Crippen LogP contribution in [0.5, 0.6) is 0 Å². The van der Waals surface area contributed by atoms with E-state index in [1.54, 1.807) is 0 Å². The van der Waals surface area contributed by atoms with Crippen molar-refractivity contribution in [3.8, 4) is 0 Å². The predicted molar refractivity (Wildman–Crippen MR) is 93.5 cm³/mol.